The van der Waals surface area contributed by atoms with Crippen LogP contribution in [0.15, 0.2) is 52.0 Å². The molecule has 0 radical (unpaired) electrons. The Morgan fingerprint density at radius 1 is 1.25 bits per heavy atom. The molecule has 0 saturated carbocycles. The van der Waals surface area contributed by atoms with E-state index in [1.165, 1.54) is 18.0 Å². The van der Waals surface area contributed by atoms with Crippen LogP contribution in [0.1, 0.15) is 17.7 Å². The maximum absolute atomic E-state index is 12.9. The Balaban J connectivity index is 2.16. The predicted octanol–water partition coefficient (Wildman–Crippen LogP) is 3.01. The second kappa shape index (κ2) is 9.48. The van der Waals surface area contributed by atoms with Crippen molar-refractivity contribution in [3.05, 3.63) is 54.0 Å². The summed E-state index contributed by atoms with van der Waals surface area (Å²) in [6.45, 7) is 0.0624. The Bertz CT molecular complexity index is 884. The Morgan fingerprint density at radius 2 is 2.00 bits per heavy atom. The number of benzene rings is 1. The minimum Gasteiger partial charge on any atom is -0.467 e. The number of rotatable bonds is 9. The van der Waals surface area contributed by atoms with Crippen molar-refractivity contribution >= 4 is 27.7 Å². The van der Waals surface area contributed by atoms with Crippen molar-refractivity contribution in [1.82, 2.24) is 10.0 Å². The average Bonchev–Trinajstić information content (AvgIpc) is 3.16. The second-order valence-electron chi connectivity index (χ2n) is 5.78. The lowest BCUT2D eigenvalue weighted by Gasteiger charge is -2.18. The van der Waals surface area contributed by atoms with Crippen LogP contribution in [-0.2, 0) is 27.5 Å². The van der Waals surface area contributed by atoms with E-state index in [2.05, 4.69) is 10.0 Å². The maximum atomic E-state index is 12.9. The van der Waals surface area contributed by atoms with Crippen LogP contribution in [-0.4, -0.2) is 32.4 Å². The van der Waals surface area contributed by atoms with Gasteiger partial charge in [-0.25, -0.2) is 8.42 Å². The molecular formula is C17H19F3N2O4S2. The van der Waals surface area contributed by atoms with Gasteiger partial charge in [-0.1, -0.05) is 6.07 Å². The fourth-order valence-electron chi connectivity index (χ4n) is 2.28. The van der Waals surface area contributed by atoms with Gasteiger partial charge in [0.2, 0.25) is 15.9 Å². The highest BCUT2D eigenvalue weighted by molar-refractivity contribution is 7.98. The molecule has 6 nitrogen and oxygen atoms in total. The van der Waals surface area contributed by atoms with E-state index in [1.807, 2.05) is 0 Å². The van der Waals surface area contributed by atoms with Gasteiger partial charge in [-0.3, -0.25) is 4.79 Å². The summed E-state index contributed by atoms with van der Waals surface area (Å²) in [7, 11) is -4.33. The van der Waals surface area contributed by atoms with Gasteiger partial charge >= 0.3 is 6.18 Å². The summed E-state index contributed by atoms with van der Waals surface area (Å²) < 4.78 is 70.9. The number of alkyl halides is 3. The lowest BCUT2D eigenvalue weighted by molar-refractivity contribution is -0.137. The quantitative estimate of drug-likeness (QED) is 0.631. The Morgan fingerprint density at radius 3 is 2.61 bits per heavy atom. The SMILES string of the molecule is CSCCC(NS(=O)(=O)c1cccc(C(F)(F)F)c1)C(=O)NCc1ccco1. The summed E-state index contributed by atoms with van der Waals surface area (Å²) in [5.74, 6) is 0.364. The molecule has 2 rings (SSSR count). The van der Waals surface area contributed by atoms with Crippen LogP contribution in [0, 0.1) is 0 Å². The van der Waals surface area contributed by atoms with E-state index in [0.29, 0.717) is 17.6 Å². The normalized spacial score (nSPS) is 13.3. The number of hydrogen-bond donors (Lipinski definition) is 2. The van der Waals surface area contributed by atoms with E-state index < -0.39 is 38.6 Å². The van der Waals surface area contributed by atoms with Gasteiger partial charge in [0, 0.05) is 0 Å². The van der Waals surface area contributed by atoms with Crippen molar-refractivity contribution in [2.45, 2.75) is 30.1 Å². The molecule has 0 aliphatic rings. The number of sulfonamides is 1. The monoisotopic (exact) mass is 436 g/mol. The van der Waals surface area contributed by atoms with Crippen molar-refractivity contribution in [2.24, 2.45) is 0 Å². The topological polar surface area (TPSA) is 88.4 Å². The summed E-state index contributed by atoms with van der Waals surface area (Å²) in [5.41, 5.74) is -1.08. The molecule has 0 fully saturated rings. The summed E-state index contributed by atoms with van der Waals surface area (Å²) in [4.78, 5) is 11.9. The van der Waals surface area contributed by atoms with Crippen molar-refractivity contribution in [3.8, 4) is 0 Å². The molecule has 0 aliphatic heterocycles. The van der Waals surface area contributed by atoms with Gasteiger partial charge in [0.25, 0.3) is 0 Å². The van der Waals surface area contributed by atoms with E-state index >= 15 is 0 Å². The standard InChI is InChI=1S/C17H19F3N2O4S2/c1-27-9-7-15(16(23)21-11-13-5-3-8-26-13)22-28(24,25)14-6-2-4-12(10-14)17(18,19)20/h2-6,8,10,15,22H,7,9,11H2,1H3,(H,21,23). The number of amides is 1. The lowest BCUT2D eigenvalue weighted by atomic mass is 10.2. The van der Waals surface area contributed by atoms with Crippen LogP contribution in [0.5, 0.6) is 0 Å². The third-order valence-corrected chi connectivity index (χ3v) is 5.83. The number of thioether (sulfide) groups is 1. The van der Waals surface area contributed by atoms with Gasteiger partial charge in [-0.2, -0.15) is 29.7 Å². The minimum absolute atomic E-state index is 0.0624. The van der Waals surface area contributed by atoms with Gasteiger partial charge in [0.05, 0.1) is 23.3 Å². The number of furan rings is 1. The average molecular weight is 436 g/mol. The molecule has 1 unspecified atom stereocenters. The number of hydrogen-bond acceptors (Lipinski definition) is 5. The molecule has 2 N–H and O–H groups in total. The molecule has 11 heteroatoms. The molecule has 1 aromatic heterocycles. The van der Waals surface area contributed by atoms with Crippen molar-refractivity contribution in [2.75, 3.05) is 12.0 Å². The summed E-state index contributed by atoms with van der Waals surface area (Å²) in [6, 6.07) is 5.51. The number of carbonyl (C=O) groups excluding carboxylic acids is 1. The molecule has 28 heavy (non-hydrogen) atoms. The van der Waals surface area contributed by atoms with Crippen molar-refractivity contribution < 1.29 is 30.8 Å². The molecule has 0 spiro atoms. The minimum atomic E-state index is -4.68. The molecule has 0 bridgehead atoms. The number of carbonyl (C=O) groups is 1. The number of nitrogens with one attached hydrogen (secondary N) is 2. The molecular weight excluding hydrogens is 417 g/mol. The molecule has 154 valence electrons. The first-order valence-corrected chi connectivity index (χ1v) is 11.0. The molecule has 0 saturated heterocycles. The van der Waals surface area contributed by atoms with Crippen LogP contribution in [0.2, 0.25) is 0 Å². The van der Waals surface area contributed by atoms with Crippen LogP contribution in [0.4, 0.5) is 13.2 Å². The van der Waals surface area contributed by atoms with E-state index in [4.69, 9.17) is 4.42 Å². The highest BCUT2D eigenvalue weighted by Gasteiger charge is 2.32. The lowest BCUT2D eigenvalue weighted by Crippen LogP contribution is -2.46. The highest BCUT2D eigenvalue weighted by Crippen LogP contribution is 2.30. The highest BCUT2D eigenvalue weighted by atomic mass is 32.2. The van der Waals surface area contributed by atoms with Crippen LogP contribution in [0.25, 0.3) is 0 Å². The van der Waals surface area contributed by atoms with Gasteiger partial charge in [-0.15, -0.1) is 0 Å². The van der Waals surface area contributed by atoms with Crippen LogP contribution < -0.4 is 10.0 Å². The van der Waals surface area contributed by atoms with E-state index in [9.17, 15) is 26.4 Å². The van der Waals surface area contributed by atoms with Gasteiger partial charge in [0.15, 0.2) is 0 Å². The molecule has 1 atom stereocenters. The second-order valence-corrected chi connectivity index (χ2v) is 8.48. The Labute approximate surface area is 164 Å². The van der Waals surface area contributed by atoms with Crippen molar-refractivity contribution in [1.29, 1.82) is 0 Å². The Kier molecular flexibility index (Phi) is 7.55. The van der Waals surface area contributed by atoms with Gasteiger partial charge in [-0.05, 0) is 48.8 Å². The zero-order valence-corrected chi connectivity index (χ0v) is 16.5. The molecule has 1 amide bonds. The molecule has 2 aromatic rings. The van der Waals surface area contributed by atoms with Crippen LogP contribution >= 0.6 is 11.8 Å². The first-order chi connectivity index (χ1) is 13.1. The smallest absolute Gasteiger partial charge is 0.416 e. The fraction of sp³-hybridized carbons (Fsp3) is 0.353. The summed E-state index contributed by atoms with van der Waals surface area (Å²) in [6.07, 6.45) is -1.28. The first kappa shape index (κ1) is 22.3. The van der Waals surface area contributed by atoms with Crippen LogP contribution in [0.3, 0.4) is 0 Å². The zero-order valence-electron chi connectivity index (χ0n) is 14.8. The molecule has 1 aromatic carbocycles. The molecule has 1 heterocycles. The third kappa shape index (κ3) is 6.28. The van der Waals surface area contributed by atoms with Gasteiger partial charge in [0.1, 0.15) is 11.8 Å². The first-order valence-electron chi connectivity index (χ1n) is 8.12. The summed E-state index contributed by atoms with van der Waals surface area (Å²) in [5, 5.41) is 2.55. The van der Waals surface area contributed by atoms with E-state index in [0.717, 1.165) is 18.2 Å². The molecule has 0 aliphatic carbocycles. The fourth-order valence-corrected chi connectivity index (χ4v) is 4.03. The predicted molar refractivity (Wildman–Crippen MR) is 99.1 cm³/mol. The van der Waals surface area contributed by atoms with E-state index in [1.54, 1.807) is 18.4 Å². The summed E-state index contributed by atoms with van der Waals surface area (Å²) >= 11 is 1.41. The Hall–Kier alpha value is -1.98. The number of halogens is 3. The maximum Gasteiger partial charge on any atom is 0.416 e. The third-order valence-electron chi connectivity index (χ3n) is 3.71. The largest absolute Gasteiger partial charge is 0.467 e. The van der Waals surface area contributed by atoms with Crippen molar-refractivity contribution in [3.63, 3.8) is 0 Å². The zero-order chi connectivity index (χ0) is 20.8. The van der Waals surface area contributed by atoms with E-state index in [-0.39, 0.29) is 13.0 Å². The van der Waals surface area contributed by atoms with Gasteiger partial charge < -0.3 is 9.73 Å².